The molecule has 0 N–H and O–H groups in total. The maximum atomic E-state index is 11.9. The van der Waals surface area contributed by atoms with E-state index in [-0.39, 0.29) is 0 Å². The molecule has 4 nitrogen and oxygen atoms in total. The monoisotopic (exact) mass is 236 g/mol. The second kappa shape index (κ2) is 4.99. The third-order valence-electron chi connectivity index (χ3n) is 2.87. The molecule has 0 atom stereocenters. The molecule has 1 aromatic carbocycles. The predicted molar refractivity (Wildman–Crippen MR) is 63.6 cm³/mol. The highest BCUT2D eigenvalue weighted by atomic mass is 16.5. The van der Waals surface area contributed by atoms with Crippen LogP contribution in [-0.4, -0.2) is 26.0 Å². The van der Waals surface area contributed by atoms with Gasteiger partial charge in [-0.2, -0.15) is 0 Å². The summed E-state index contributed by atoms with van der Waals surface area (Å²) in [4.78, 5) is 23.1. The van der Waals surface area contributed by atoms with Crippen LogP contribution >= 0.6 is 0 Å². The summed E-state index contributed by atoms with van der Waals surface area (Å²) in [5.74, 6) is -0.754. The van der Waals surface area contributed by atoms with Gasteiger partial charge in [0.25, 0.3) is 5.78 Å². The summed E-state index contributed by atoms with van der Waals surface area (Å²) in [6, 6.07) is 1.75. The first-order chi connectivity index (χ1) is 7.93. The van der Waals surface area contributed by atoms with Crippen LogP contribution < -0.4 is 4.74 Å². The highest BCUT2D eigenvalue weighted by molar-refractivity contribution is 6.41. The second-order valence-electron chi connectivity index (χ2n) is 3.84. The van der Waals surface area contributed by atoms with E-state index >= 15 is 0 Å². The highest BCUT2D eigenvalue weighted by Gasteiger charge is 2.23. The van der Waals surface area contributed by atoms with Crippen LogP contribution in [0.1, 0.15) is 27.0 Å². The first kappa shape index (κ1) is 13.2. The molecule has 17 heavy (non-hydrogen) atoms. The Labute approximate surface area is 101 Å². The fraction of sp³-hybridized carbons (Fsp3) is 0.385. The number of Topliss-reactive ketones (excluding diaryl/α,β-unsaturated/α-hetero) is 1. The Balaban J connectivity index is 3.40. The Morgan fingerprint density at radius 3 is 2.12 bits per heavy atom. The molecule has 0 spiro atoms. The maximum absolute atomic E-state index is 11.9. The highest BCUT2D eigenvalue weighted by Crippen LogP contribution is 2.27. The van der Waals surface area contributed by atoms with Crippen LogP contribution in [0.2, 0.25) is 0 Å². The largest absolute Gasteiger partial charge is 0.496 e. The molecule has 0 aliphatic rings. The van der Waals surface area contributed by atoms with Crippen LogP contribution in [0.4, 0.5) is 0 Å². The van der Waals surface area contributed by atoms with Crippen LogP contribution in [0.5, 0.6) is 5.75 Å². The molecule has 0 heterocycles. The molecular formula is C13H16O4. The molecule has 4 heteroatoms. The van der Waals surface area contributed by atoms with Gasteiger partial charge in [0.05, 0.1) is 14.2 Å². The number of carbonyl (C=O) groups excluding carboxylic acids is 2. The zero-order chi connectivity index (χ0) is 13.2. The SMILES string of the molecule is COC(=O)C(=O)c1c(C)cc(OC)c(C)c1C. The van der Waals surface area contributed by atoms with Crippen LogP contribution in [0.15, 0.2) is 6.07 Å². The summed E-state index contributed by atoms with van der Waals surface area (Å²) >= 11 is 0. The van der Waals surface area contributed by atoms with Gasteiger partial charge in [-0.3, -0.25) is 4.79 Å². The number of hydrogen-bond acceptors (Lipinski definition) is 4. The summed E-state index contributed by atoms with van der Waals surface area (Å²) in [6.45, 7) is 5.41. The topological polar surface area (TPSA) is 52.6 Å². The van der Waals surface area contributed by atoms with E-state index in [2.05, 4.69) is 4.74 Å². The van der Waals surface area contributed by atoms with Crippen molar-refractivity contribution in [3.8, 4) is 5.75 Å². The summed E-state index contributed by atoms with van der Waals surface area (Å²) in [5, 5.41) is 0. The molecular weight excluding hydrogens is 220 g/mol. The minimum Gasteiger partial charge on any atom is -0.496 e. The number of methoxy groups -OCH3 is 2. The lowest BCUT2D eigenvalue weighted by Gasteiger charge is -2.14. The van der Waals surface area contributed by atoms with Crippen LogP contribution in [-0.2, 0) is 9.53 Å². The standard InChI is InChI=1S/C13H16O4/c1-7-6-10(16-4)8(2)9(3)11(7)12(14)13(15)17-5/h6H,1-5H3. The number of esters is 1. The molecule has 0 radical (unpaired) electrons. The van der Waals surface area contributed by atoms with Crippen molar-refractivity contribution in [2.45, 2.75) is 20.8 Å². The van der Waals surface area contributed by atoms with E-state index < -0.39 is 11.8 Å². The van der Waals surface area contributed by atoms with Gasteiger partial charge in [0, 0.05) is 5.56 Å². The Kier molecular flexibility index (Phi) is 3.89. The second-order valence-corrected chi connectivity index (χ2v) is 3.84. The maximum Gasteiger partial charge on any atom is 0.379 e. The molecule has 0 saturated carbocycles. The summed E-state index contributed by atoms with van der Waals surface area (Å²) in [5.41, 5.74) is 2.71. The number of aryl methyl sites for hydroxylation is 1. The first-order valence-electron chi connectivity index (χ1n) is 5.21. The Morgan fingerprint density at radius 2 is 1.65 bits per heavy atom. The van der Waals surface area contributed by atoms with Gasteiger partial charge in [0.1, 0.15) is 5.75 Å². The average Bonchev–Trinajstić information content (AvgIpc) is 2.32. The lowest BCUT2D eigenvalue weighted by atomic mass is 9.94. The molecule has 1 aromatic rings. The van der Waals surface area contributed by atoms with Crippen molar-refractivity contribution < 1.29 is 19.1 Å². The lowest BCUT2D eigenvalue weighted by Crippen LogP contribution is -2.18. The third-order valence-corrected chi connectivity index (χ3v) is 2.87. The van der Waals surface area contributed by atoms with Crippen molar-refractivity contribution in [3.05, 3.63) is 28.3 Å². The van der Waals surface area contributed by atoms with E-state index in [4.69, 9.17) is 4.74 Å². The van der Waals surface area contributed by atoms with Crippen molar-refractivity contribution in [2.24, 2.45) is 0 Å². The smallest absolute Gasteiger partial charge is 0.379 e. The normalized spacial score (nSPS) is 9.94. The van der Waals surface area contributed by atoms with Gasteiger partial charge < -0.3 is 9.47 Å². The predicted octanol–water partition coefficient (Wildman–Crippen LogP) is 1.98. The van der Waals surface area contributed by atoms with E-state index in [0.29, 0.717) is 16.9 Å². The third kappa shape index (κ3) is 2.30. The van der Waals surface area contributed by atoms with Crippen molar-refractivity contribution in [2.75, 3.05) is 14.2 Å². The molecule has 0 unspecified atom stereocenters. The first-order valence-corrected chi connectivity index (χ1v) is 5.21. The Morgan fingerprint density at radius 1 is 1.06 bits per heavy atom. The number of hydrogen-bond donors (Lipinski definition) is 0. The fourth-order valence-electron chi connectivity index (χ4n) is 1.80. The summed E-state index contributed by atoms with van der Waals surface area (Å²) < 4.78 is 9.65. The number of ketones is 1. The molecule has 92 valence electrons. The van der Waals surface area contributed by atoms with Gasteiger partial charge in [0.15, 0.2) is 0 Å². The molecule has 0 aromatic heterocycles. The van der Waals surface area contributed by atoms with Gasteiger partial charge in [0.2, 0.25) is 0 Å². The summed E-state index contributed by atoms with van der Waals surface area (Å²) in [6.07, 6.45) is 0. The fourth-order valence-corrected chi connectivity index (χ4v) is 1.80. The average molecular weight is 236 g/mol. The van der Waals surface area contributed by atoms with Crippen molar-refractivity contribution in [3.63, 3.8) is 0 Å². The van der Waals surface area contributed by atoms with Crippen molar-refractivity contribution in [1.29, 1.82) is 0 Å². The Bertz CT molecular complexity index is 475. The minimum atomic E-state index is -0.847. The van der Waals surface area contributed by atoms with Gasteiger partial charge in [-0.05, 0) is 43.5 Å². The number of rotatable bonds is 3. The Hall–Kier alpha value is -1.84. The van der Waals surface area contributed by atoms with Crippen LogP contribution in [0, 0.1) is 20.8 Å². The van der Waals surface area contributed by atoms with E-state index in [9.17, 15) is 9.59 Å². The summed E-state index contributed by atoms with van der Waals surface area (Å²) in [7, 11) is 2.77. The lowest BCUT2D eigenvalue weighted by molar-refractivity contribution is -0.135. The quantitative estimate of drug-likeness (QED) is 0.457. The van der Waals surface area contributed by atoms with E-state index in [1.165, 1.54) is 7.11 Å². The minimum absolute atomic E-state index is 0.398. The zero-order valence-electron chi connectivity index (χ0n) is 10.7. The molecule has 0 bridgehead atoms. The molecule has 1 rings (SSSR count). The van der Waals surface area contributed by atoms with E-state index in [0.717, 1.165) is 11.1 Å². The van der Waals surface area contributed by atoms with E-state index in [1.807, 2.05) is 6.92 Å². The molecule has 0 fully saturated rings. The van der Waals surface area contributed by atoms with Crippen molar-refractivity contribution in [1.82, 2.24) is 0 Å². The molecule has 0 aliphatic heterocycles. The number of carbonyl (C=O) groups is 2. The zero-order valence-corrected chi connectivity index (χ0v) is 10.7. The van der Waals surface area contributed by atoms with Crippen LogP contribution in [0.25, 0.3) is 0 Å². The number of benzene rings is 1. The van der Waals surface area contributed by atoms with E-state index in [1.54, 1.807) is 27.0 Å². The van der Waals surface area contributed by atoms with Gasteiger partial charge in [-0.1, -0.05) is 0 Å². The van der Waals surface area contributed by atoms with Crippen molar-refractivity contribution >= 4 is 11.8 Å². The molecule has 0 saturated heterocycles. The number of ether oxygens (including phenoxy) is 2. The molecule has 0 aliphatic carbocycles. The van der Waals surface area contributed by atoms with Gasteiger partial charge >= 0.3 is 5.97 Å². The van der Waals surface area contributed by atoms with Gasteiger partial charge in [-0.15, -0.1) is 0 Å². The van der Waals surface area contributed by atoms with Gasteiger partial charge in [-0.25, -0.2) is 4.79 Å². The van der Waals surface area contributed by atoms with Crippen LogP contribution in [0.3, 0.4) is 0 Å². The molecule has 0 amide bonds.